The van der Waals surface area contributed by atoms with Crippen LogP contribution in [0.15, 0.2) is 53.7 Å². The van der Waals surface area contributed by atoms with Gasteiger partial charge in [-0.1, -0.05) is 55.2 Å². The number of hydrogen-bond donors (Lipinski definition) is 1. The second-order valence-corrected chi connectivity index (χ2v) is 8.52. The standard InChI is InChI=1S/C24H26Cl2N2O4/c1-5-31-23(29)21-20(13-32-17-9-6-15(7-10-17)14(2)3)28(4)24(30)27-22(21)16-8-11-18(25)19(26)12-16/h6-12,14,22H,5,13H2,1-4H3,(H,27,30). The van der Waals surface area contributed by atoms with Gasteiger partial charge in [0.2, 0.25) is 0 Å². The summed E-state index contributed by atoms with van der Waals surface area (Å²) in [5.74, 6) is 0.502. The monoisotopic (exact) mass is 476 g/mol. The summed E-state index contributed by atoms with van der Waals surface area (Å²) in [5, 5.41) is 3.54. The number of likely N-dealkylation sites (N-methyl/N-ethyl adjacent to an activating group) is 1. The maximum atomic E-state index is 13.0. The van der Waals surface area contributed by atoms with E-state index >= 15 is 0 Å². The molecule has 1 aliphatic heterocycles. The second-order valence-electron chi connectivity index (χ2n) is 7.71. The average Bonchev–Trinajstić information content (AvgIpc) is 2.76. The van der Waals surface area contributed by atoms with Gasteiger partial charge in [-0.3, -0.25) is 4.90 Å². The zero-order chi connectivity index (χ0) is 23.4. The summed E-state index contributed by atoms with van der Waals surface area (Å²) in [5.41, 5.74) is 2.50. The van der Waals surface area contributed by atoms with Crippen molar-refractivity contribution in [3.8, 4) is 5.75 Å². The zero-order valence-corrected chi connectivity index (χ0v) is 20.0. The molecule has 0 radical (unpaired) electrons. The van der Waals surface area contributed by atoms with Crippen molar-refractivity contribution in [3.63, 3.8) is 0 Å². The number of ether oxygens (including phenoxy) is 2. The van der Waals surface area contributed by atoms with E-state index in [0.29, 0.717) is 33.0 Å². The molecule has 2 aromatic carbocycles. The lowest BCUT2D eigenvalue weighted by Crippen LogP contribution is -2.48. The number of carbonyl (C=O) groups is 2. The number of nitrogens with zero attached hydrogens (tertiary/aromatic N) is 1. The van der Waals surface area contributed by atoms with Crippen molar-refractivity contribution >= 4 is 35.2 Å². The first-order chi connectivity index (χ1) is 15.2. The Bertz CT molecular complexity index is 1030. The van der Waals surface area contributed by atoms with E-state index in [9.17, 15) is 9.59 Å². The van der Waals surface area contributed by atoms with Gasteiger partial charge >= 0.3 is 12.0 Å². The van der Waals surface area contributed by atoms with Gasteiger partial charge in [0.05, 0.1) is 34.0 Å². The fourth-order valence-corrected chi connectivity index (χ4v) is 3.73. The van der Waals surface area contributed by atoms with Gasteiger partial charge in [-0.25, -0.2) is 9.59 Å². The van der Waals surface area contributed by atoms with E-state index in [1.165, 1.54) is 10.5 Å². The predicted molar refractivity (Wildman–Crippen MR) is 125 cm³/mol. The summed E-state index contributed by atoms with van der Waals surface area (Å²) in [4.78, 5) is 27.0. The molecular weight excluding hydrogens is 451 g/mol. The van der Waals surface area contributed by atoms with Crippen LogP contribution in [-0.2, 0) is 9.53 Å². The highest BCUT2D eigenvalue weighted by molar-refractivity contribution is 6.42. The molecule has 170 valence electrons. The third kappa shape index (κ3) is 5.19. The number of carbonyl (C=O) groups excluding carboxylic acids is 2. The molecule has 1 unspecified atom stereocenters. The van der Waals surface area contributed by atoms with E-state index in [1.807, 2.05) is 24.3 Å². The van der Waals surface area contributed by atoms with Crippen LogP contribution in [0.1, 0.15) is 43.9 Å². The summed E-state index contributed by atoms with van der Waals surface area (Å²) < 4.78 is 11.3. The van der Waals surface area contributed by atoms with Crippen LogP contribution < -0.4 is 10.1 Å². The first kappa shape index (κ1) is 24.0. The molecule has 2 aromatic rings. The molecule has 32 heavy (non-hydrogen) atoms. The third-order valence-electron chi connectivity index (χ3n) is 5.27. The molecule has 0 spiro atoms. The molecule has 8 heteroatoms. The van der Waals surface area contributed by atoms with E-state index in [-0.39, 0.29) is 24.8 Å². The number of halogens is 2. The van der Waals surface area contributed by atoms with Crippen molar-refractivity contribution < 1.29 is 19.1 Å². The normalized spacial score (nSPS) is 16.3. The Balaban J connectivity index is 2.00. The highest BCUT2D eigenvalue weighted by Gasteiger charge is 2.37. The topological polar surface area (TPSA) is 67.9 Å². The number of rotatable bonds is 7. The number of hydrogen-bond acceptors (Lipinski definition) is 4. The lowest BCUT2D eigenvalue weighted by atomic mass is 9.94. The number of nitrogens with one attached hydrogen (secondary N) is 1. The molecule has 2 amide bonds. The van der Waals surface area contributed by atoms with Crippen molar-refractivity contribution in [2.75, 3.05) is 20.3 Å². The van der Waals surface area contributed by atoms with Crippen molar-refractivity contribution in [1.29, 1.82) is 0 Å². The highest BCUT2D eigenvalue weighted by Crippen LogP contribution is 2.34. The molecule has 0 fully saturated rings. The largest absolute Gasteiger partial charge is 0.487 e. The fourth-order valence-electron chi connectivity index (χ4n) is 3.42. The van der Waals surface area contributed by atoms with Crippen molar-refractivity contribution in [2.45, 2.75) is 32.7 Å². The van der Waals surface area contributed by atoms with Crippen LogP contribution in [0.2, 0.25) is 10.0 Å². The quantitative estimate of drug-likeness (QED) is 0.519. The highest BCUT2D eigenvalue weighted by atomic mass is 35.5. The number of amides is 2. The molecule has 3 rings (SSSR count). The Labute approximate surface area is 198 Å². The van der Waals surface area contributed by atoms with E-state index in [2.05, 4.69) is 19.2 Å². The van der Waals surface area contributed by atoms with Gasteiger partial charge in [-0.05, 0) is 48.2 Å². The summed E-state index contributed by atoms with van der Waals surface area (Å²) in [6, 6.07) is 11.6. The Hall–Kier alpha value is -2.70. The minimum Gasteiger partial charge on any atom is -0.487 e. The number of esters is 1. The minimum atomic E-state index is -0.755. The summed E-state index contributed by atoms with van der Waals surface area (Å²) in [6.45, 7) is 6.16. The molecule has 1 heterocycles. The van der Waals surface area contributed by atoms with Crippen LogP contribution in [0, 0.1) is 0 Å². The van der Waals surface area contributed by atoms with Crippen molar-refractivity contribution in [2.24, 2.45) is 0 Å². The van der Waals surface area contributed by atoms with Crippen LogP contribution >= 0.6 is 23.2 Å². The van der Waals surface area contributed by atoms with Crippen molar-refractivity contribution in [1.82, 2.24) is 10.2 Å². The van der Waals surface area contributed by atoms with Gasteiger partial charge in [0.15, 0.2) is 0 Å². The Kier molecular flexibility index (Phi) is 7.69. The maximum Gasteiger partial charge on any atom is 0.338 e. The first-order valence-electron chi connectivity index (χ1n) is 10.3. The van der Waals surface area contributed by atoms with Crippen molar-refractivity contribution in [3.05, 3.63) is 74.9 Å². The predicted octanol–water partition coefficient (Wildman–Crippen LogP) is 5.71. The molecule has 0 saturated carbocycles. The lowest BCUT2D eigenvalue weighted by Gasteiger charge is -2.34. The summed E-state index contributed by atoms with van der Waals surface area (Å²) in [6.07, 6.45) is 0. The van der Waals surface area contributed by atoms with Gasteiger partial charge < -0.3 is 14.8 Å². The lowest BCUT2D eigenvalue weighted by molar-refractivity contribution is -0.139. The maximum absolute atomic E-state index is 13.0. The molecule has 0 aromatic heterocycles. The van der Waals surface area contributed by atoms with Gasteiger partial charge in [0.25, 0.3) is 0 Å². The second kappa shape index (κ2) is 10.3. The Morgan fingerprint density at radius 3 is 2.41 bits per heavy atom. The SMILES string of the molecule is CCOC(=O)C1=C(COc2ccc(C(C)C)cc2)N(C)C(=O)NC1c1ccc(Cl)c(Cl)c1. The van der Waals surface area contributed by atoms with Crippen LogP contribution in [0.4, 0.5) is 4.79 Å². The van der Waals surface area contributed by atoms with Crippen LogP contribution in [0.5, 0.6) is 5.75 Å². The Morgan fingerprint density at radius 2 is 1.81 bits per heavy atom. The number of benzene rings is 2. The molecule has 1 atom stereocenters. The molecule has 1 N–H and O–H groups in total. The van der Waals surface area contributed by atoms with E-state index < -0.39 is 12.0 Å². The van der Waals surface area contributed by atoms with Gasteiger partial charge in [-0.2, -0.15) is 0 Å². The summed E-state index contributed by atoms with van der Waals surface area (Å²) in [7, 11) is 1.58. The molecule has 0 bridgehead atoms. The molecule has 6 nitrogen and oxygen atoms in total. The van der Waals surface area contributed by atoms with E-state index in [4.69, 9.17) is 32.7 Å². The van der Waals surface area contributed by atoms with Crippen LogP contribution in [0.3, 0.4) is 0 Å². The third-order valence-corrected chi connectivity index (χ3v) is 6.01. The van der Waals surface area contributed by atoms with Crippen LogP contribution in [-0.4, -0.2) is 37.2 Å². The molecular formula is C24H26Cl2N2O4. The van der Waals surface area contributed by atoms with Gasteiger partial charge in [0, 0.05) is 7.05 Å². The molecule has 1 aliphatic rings. The van der Waals surface area contributed by atoms with E-state index in [1.54, 1.807) is 32.2 Å². The molecule has 0 saturated heterocycles. The zero-order valence-electron chi connectivity index (χ0n) is 18.4. The smallest absolute Gasteiger partial charge is 0.338 e. The minimum absolute atomic E-state index is 0.0108. The number of urea groups is 1. The molecule has 0 aliphatic carbocycles. The van der Waals surface area contributed by atoms with Gasteiger partial charge in [0.1, 0.15) is 12.4 Å². The van der Waals surface area contributed by atoms with E-state index in [0.717, 1.165) is 0 Å². The Morgan fingerprint density at radius 1 is 1.12 bits per heavy atom. The average molecular weight is 477 g/mol. The van der Waals surface area contributed by atoms with Crippen LogP contribution in [0.25, 0.3) is 0 Å². The first-order valence-corrected chi connectivity index (χ1v) is 11.1. The summed E-state index contributed by atoms with van der Waals surface area (Å²) >= 11 is 12.2. The van der Waals surface area contributed by atoms with Gasteiger partial charge in [-0.15, -0.1) is 0 Å². The fraction of sp³-hybridized carbons (Fsp3) is 0.333.